The van der Waals surface area contributed by atoms with Crippen LogP contribution in [0.2, 0.25) is 0 Å². The quantitative estimate of drug-likeness (QED) is 0.0466. The number of nitrogens with zero attached hydrogens (tertiary/aromatic N) is 2. The summed E-state index contributed by atoms with van der Waals surface area (Å²) in [7, 11) is 0. The maximum absolute atomic E-state index is 11.8. The number of nitrogens with two attached hydrogens (primary N) is 6. The van der Waals surface area contributed by atoms with E-state index in [0.717, 1.165) is 0 Å². The Kier molecular flexibility index (Phi) is 8.67. The molecule has 0 saturated heterocycles. The Balaban J connectivity index is 4.51. The second-order valence-electron chi connectivity index (χ2n) is 4.46. The van der Waals surface area contributed by atoms with E-state index in [1.54, 1.807) is 0 Å². The van der Waals surface area contributed by atoms with Gasteiger partial charge in [-0.2, -0.15) is 0 Å². The molecule has 0 saturated carbocycles. The molecule has 0 aliphatic heterocycles. The van der Waals surface area contributed by atoms with Crippen LogP contribution in [-0.4, -0.2) is 53.9 Å². The fourth-order valence-corrected chi connectivity index (χ4v) is 1.19. The molecule has 24 heavy (non-hydrogen) atoms. The first kappa shape index (κ1) is 21.0. The predicted octanol–water partition coefficient (Wildman–Crippen LogP) is -4.21. The third-order valence-corrected chi connectivity index (χ3v) is 2.37. The van der Waals surface area contributed by atoms with Crippen molar-refractivity contribution in [2.45, 2.75) is 24.6 Å². The molecule has 0 spiro atoms. The number of carbonyl (C=O) groups is 2. The summed E-state index contributed by atoms with van der Waals surface area (Å²) in [5.41, 5.74) is 28.8. The third-order valence-electron chi connectivity index (χ3n) is 2.37. The summed E-state index contributed by atoms with van der Waals surface area (Å²) in [4.78, 5) is 32.2. The Hall–Kier alpha value is -3.00. The molecule has 2 atom stereocenters. The highest BCUT2D eigenvalue weighted by molar-refractivity contribution is 5.83. The van der Waals surface area contributed by atoms with Crippen LogP contribution in [-0.2, 0) is 24.0 Å². The van der Waals surface area contributed by atoms with Gasteiger partial charge in [-0.05, 0) is 10.3 Å². The van der Waals surface area contributed by atoms with Crippen molar-refractivity contribution >= 4 is 23.9 Å². The molecule has 0 aliphatic rings. The number of rotatable bonds is 11. The average Bonchev–Trinajstić information content (AvgIpc) is 2.47. The lowest BCUT2D eigenvalue weighted by molar-refractivity contribution is -0.181. The van der Waals surface area contributed by atoms with Crippen LogP contribution >= 0.6 is 0 Å². The van der Waals surface area contributed by atoms with Crippen LogP contribution in [0.4, 0.5) is 0 Å². The van der Waals surface area contributed by atoms with Crippen LogP contribution in [0.3, 0.4) is 0 Å². The third kappa shape index (κ3) is 8.44. The summed E-state index contributed by atoms with van der Waals surface area (Å²) in [6.07, 6.45) is -0.474. The summed E-state index contributed by atoms with van der Waals surface area (Å²) in [5, 5.41) is 15.5. The summed E-state index contributed by atoms with van der Waals surface area (Å²) < 4.78 is 4.73. The normalized spacial score (nSPS) is 13.8. The molecular formula is C10H22N8O6. The van der Waals surface area contributed by atoms with Crippen molar-refractivity contribution in [1.29, 1.82) is 0 Å². The number of carbonyl (C=O) groups excluding carboxylic acids is 1. The molecule has 13 N–H and O–H groups in total. The molecule has 0 fully saturated rings. The van der Waals surface area contributed by atoms with Gasteiger partial charge in [0.15, 0.2) is 0 Å². The second-order valence-corrected chi connectivity index (χ2v) is 4.46. The molecule has 0 aromatic heterocycles. The van der Waals surface area contributed by atoms with Gasteiger partial charge in [-0.1, -0.05) is 0 Å². The van der Waals surface area contributed by atoms with Crippen molar-refractivity contribution in [3.8, 4) is 0 Å². The van der Waals surface area contributed by atoms with Gasteiger partial charge in [0, 0.05) is 12.8 Å². The van der Waals surface area contributed by atoms with Gasteiger partial charge in [0.25, 0.3) is 5.72 Å². The zero-order valence-corrected chi connectivity index (χ0v) is 12.8. The molecule has 0 aromatic carbocycles. The molecule has 0 bridgehead atoms. The van der Waals surface area contributed by atoms with Crippen molar-refractivity contribution in [2.75, 3.05) is 13.2 Å². The van der Waals surface area contributed by atoms with Crippen molar-refractivity contribution in [2.24, 2.45) is 44.7 Å². The maximum Gasteiger partial charge on any atom is 0.363 e. The molecule has 1 unspecified atom stereocenters. The van der Waals surface area contributed by atoms with Crippen LogP contribution in [0.1, 0.15) is 12.8 Å². The van der Waals surface area contributed by atoms with Crippen LogP contribution in [0.25, 0.3) is 0 Å². The van der Waals surface area contributed by atoms with Gasteiger partial charge < -0.3 is 48.2 Å². The molecule has 14 heteroatoms. The molecule has 14 nitrogen and oxygen atoms in total. The fraction of sp³-hybridized carbons (Fsp3) is 0.600. The van der Waals surface area contributed by atoms with Crippen molar-refractivity contribution in [3.63, 3.8) is 0 Å². The van der Waals surface area contributed by atoms with E-state index in [1.165, 1.54) is 0 Å². The highest BCUT2D eigenvalue weighted by Gasteiger charge is 2.39. The summed E-state index contributed by atoms with van der Waals surface area (Å²) in [5.74, 6) is -3.34. The summed E-state index contributed by atoms with van der Waals surface area (Å²) >= 11 is 0. The van der Waals surface area contributed by atoms with Gasteiger partial charge in [-0.25, -0.2) is 4.79 Å². The van der Waals surface area contributed by atoms with Gasteiger partial charge in [0.1, 0.15) is 19.3 Å². The topological polar surface area (TPSA) is 263 Å². The van der Waals surface area contributed by atoms with E-state index in [0.29, 0.717) is 0 Å². The second kappa shape index (κ2) is 9.90. The van der Waals surface area contributed by atoms with Gasteiger partial charge in [0.2, 0.25) is 11.9 Å². The van der Waals surface area contributed by atoms with Crippen LogP contribution in [0.15, 0.2) is 10.3 Å². The first-order valence-corrected chi connectivity index (χ1v) is 6.51. The van der Waals surface area contributed by atoms with E-state index >= 15 is 0 Å². The lowest BCUT2D eigenvalue weighted by Crippen LogP contribution is -2.54. The Morgan fingerprint density at radius 2 is 1.54 bits per heavy atom. The molecule has 0 radical (unpaired) electrons. The molecule has 138 valence electrons. The Morgan fingerprint density at radius 3 is 2.00 bits per heavy atom. The summed E-state index contributed by atoms with van der Waals surface area (Å²) in [6, 6.07) is -1.21. The Morgan fingerprint density at radius 1 is 1.04 bits per heavy atom. The molecule has 0 amide bonds. The standard InChI is InChI=1S/C10H22N8O6/c11-5(1-3-22-17-8(12)13)6(19)24-10(16,7(20)21)2-4-23-18-9(14)15/h5H,1-4,11,16H2,(H,20,21)(H4,12,13,17)(H4,14,15,18)/t5-,10?/m0/s1. The average molecular weight is 350 g/mol. The lowest BCUT2D eigenvalue weighted by Gasteiger charge is -2.25. The zero-order chi connectivity index (χ0) is 18.8. The van der Waals surface area contributed by atoms with Crippen LogP contribution < -0.4 is 34.4 Å². The minimum absolute atomic E-state index is 0.0458. The first-order valence-electron chi connectivity index (χ1n) is 6.51. The highest BCUT2D eigenvalue weighted by atomic mass is 16.6. The molecule has 0 rings (SSSR count). The predicted molar refractivity (Wildman–Crippen MR) is 81.4 cm³/mol. The number of ether oxygens (including phenoxy) is 1. The van der Waals surface area contributed by atoms with E-state index in [9.17, 15) is 9.59 Å². The number of carboxylic acid groups (broad SMARTS) is 1. The van der Waals surface area contributed by atoms with E-state index < -0.39 is 30.1 Å². The minimum atomic E-state index is -2.37. The maximum atomic E-state index is 11.8. The van der Waals surface area contributed by atoms with Gasteiger partial charge >= 0.3 is 11.9 Å². The van der Waals surface area contributed by atoms with Crippen molar-refractivity contribution in [1.82, 2.24) is 0 Å². The Labute approximate surface area is 136 Å². The number of hydrogen-bond donors (Lipinski definition) is 7. The van der Waals surface area contributed by atoms with Crippen molar-refractivity contribution < 1.29 is 29.1 Å². The monoisotopic (exact) mass is 350 g/mol. The number of hydrogen-bond acceptors (Lipinski definition) is 9. The number of guanidine groups is 2. The van der Waals surface area contributed by atoms with E-state index in [4.69, 9.17) is 44.2 Å². The van der Waals surface area contributed by atoms with Crippen LogP contribution in [0.5, 0.6) is 0 Å². The number of carboxylic acids is 1. The molecule has 0 aromatic rings. The van der Waals surface area contributed by atoms with Crippen molar-refractivity contribution in [3.05, 3.63) is 0 Å². The molecular weight excluding hydrogens is 328 g/mol. The van der Waals surface area contributed by atoms with Gasteiger partial charge in [0.05, 0.1) is 0 Å². The SMILES string of the molecule is NC(N)=NOCC[C@H](N)C(=O)OC(N)(CCON=C(N)N)C(=O)O. The Bertz CT molecular complexity index is 490. The van der Waals surface area contributed by atoms with Crippen LogP contribution in [0, 0.1) is 0 Å². The van der Waals surface area contributed by atoms with Gasteiger partial charge in [-0.15, -0.1) is 0 Å². The van der Waals surface area contributed by atoms with E-state index in [2.05, 4.69) is 20.0 Å². The zero-order valence-electron chi connectivity index (χ0n) is 12.8. The smallest absolute Gasteiger partial charge is 0.363 e. The summed E-state index contributed by atoms with van der Waals surface area (Å²) in [6.45, 7) is -0.427. The van der Waals surface area contributed by atoms with E-state index in [-0.39, 0.29) is 31.6 Å². The number of oxime groups is 2. The lowest BCUT2D eigenvalue weighted by atomic mass is 10.1. The fourth-order valence-electron chi connectivity index (χ4n) is 1.19. The minimum Gasteiger partial charge on any atom is -0.477 e. The first-order chi connectivity index (χ1) is 11.1. The largest absolute Gasteiger partial charge is 0.477 e. The number of esters is 1. The highest BCUT2D eigenvalue weighted by Crippen LogP contribution is 2.12. The molecule has 0 aliphatic carbocycles. The van der Waals surface area contributed by atoms with E-state index in [1.807, 2.05) is 0 Å². The molecule has 0 heterocycles. The number of aliphatic carboxylic acids is 1. The van der Waals surface area contributed by atoms with Gasteiger partial charge in [-0.3, -0.25) is 10.5 Å².